The van der Waals surface area contributed by atoms with Gasteiger partial charge in [-0.05, 0) is 19.1 Å². The molecule has 23 heavy (non-hydrogen) atoms. The highest BCUT2D eigenvalue weighted by Crippen LogP contribution is 2.29. The number of aliphatic hydroxyl groups is 1. The van der Waals surface area contributed by atoms with Crippen LogP contribution in [0.25, 0.3) is 21.8 Å². The molecular weight excluding hydrogens is 312 g/mol. The van der Waals surface area contributed by atoms with Crippen LogP contribution in [0.15, 0.2) is 48.5 Å². The Balaban J connectivity index is 2.04. The molecule has 1 unspecified atom stereocenters. The van der Waals surface area contributed by atoms with Gasteiger partial charge >= 0.3 is 0 Å². The van der Waals surface area contributed by atoms with E-state index in [0.29, 0.717) is 6.54 Å². The third-order valence-electron chi connectivity index (χ3n) is 3.89. The molecule has 3 rings (SSSR count). The fourth-order valence-corrected chi connectivity index (χ4v) is 3.43. The third-order valence-corrected chi connectivity index (χ3v) is 4.56. The van der Waals surface area contributed by atoms with Crippen LogP contribution in [0.2, 0.25) is 0 Å². The van der Waals surface area contributed by atoms with E-state index in [2.05, 4.69) is 16.9 Å². The van der Waals surface area contributed by atoms with Gasteiger partial charge in [0.2, 0.25) is 10.0 Å². The molecule has 0 fully saturated rings. The molecule has 122 valence electrons. The number of rotatable bonds is 5. The van der Waals surface area contributed by atoms with Crippen molar-refractivity contribution in [2.45, 2.75) is 19.1 Å². The lowest BCUT2D eigenvalue weighted by atomic mass is 10.1. The molecule has 0 aliphatic rings. The summed E-state index contributed by atoms with van der Waals surface area (Å²) < 4.78 is 27.0. The molecule has 1 atom stereocenters. The zero-order valence-corrected chi connectivity index (χ0v) is 14.0. The number of benzene rings is 2. The Morgan fingerprint density at radius 3 is 2.00 bits per heavy atom. The summed E-state index contributed by atoms with van der Waals surface area (Å²) in [4.78, 5) is 0. The van der Waals surface area contributed by atoms with Crippen LogP contribution in [0.5, 0.6) is 0 Å². The van der Waals surface area contributed by atoms with Gasteiger partial charge in [0.25, 0.3) is 0 Å². The van der Waals surface area contributed by atoms with Crippen LogP contribution in [-0.4, -0.2) is 36.5 Å². The standard InChI is InChI=1S/C17H20N2O3S/c1-17(20,11-18-23(2,21)22)12-19-15-9-5-3-7-13(15)14-8-4-6-10-16(14)19/h3-10,18,20H,11-12H2,1-2H3. The molecule has 0 bridgehead atoms. The Kier molecular flexibility index (Phi) is 3.91. The lowest BCUT2D eigenvalue weighted by molar-refractivity contribution is 0.0494. The smallest absolute Gasteiger partial charge is 0.208 e. The number of nitrogens with one attached hydrogen (secondary N) is 1. The van der Waals surface area contributed by atoms with Gasteiger partial charge in [0.15, 0.2) is 0 Å². The number of fused-ring (bicyclic) bond motifs is 3. The molecule has 0 aliphatic carbocycles. The number of para-hydroxylation sites is 2. The first-order valence-electron chi connectivity index (χ1n) is 7.40. The lowest BCUT2D eigenvalue weighted by Gasteiger charge is -2.25. The summed E-state index contributed by atoms with van der Waals surface area (Å²) in [6.45, 7) is 1.89. The highest BCUT2D eigenvalue weighted by Gasteiger charge is 2.24. The summed E-state index contributed by atoms with van der Waals surface area (Å²) in [5.41, 5.74) is 0.842. The van der Waals surface area contributed by atoms with Crippen molar-refractivity contribution in [3.05, 3.63) is 48.5 Å². The van der Waals surface area contributed by atoms with Crippen LogP contribution >= 0.6 is 0 Å². The van der Waals surface area contributed by atoms with Crippen molar-refractivity contribution in [2.75, 3.05) is 12.8 Å². The van der Waals surface area contributed by atoms with Gasteiger partial charge in [-0.25, -0.2) is 13.1 Å². The minimum Gasteiger partial charge on any atom is -0.387 e. The maximum Gasteiger partial charge on any atom is 0.208 e. The Labute approximate surface area is 135 Å². The second-order valence-electron chi connectivity index (χ2n) is 6.21. The summed E-state index contributed by atoms with van der Waals surface area (Å²) in [6, 6.07) is 16.0. The number of hydrogen-bond donors (Lipinski definition) is 2. The van der Waals surface area contributed by atoms with Gasteiger partial charge in [0, 0.05) is 28.4 Å². The Bertz CT molecular complexity index is 905. The van der Waals surface area contributed by atoms with E-state index in [1.54, 1.807) is 6.92 Å². The van der Waals surface area contributed by atoms with E-state index in [1.807, 2.05) is 41.0 Å². The first-order valence-corrected chi connectivity index (χ1v) is 9.29. The van der Waals surface area contributed by atoms with Gasteiger partial charge in [0.05, 0.1) is 18.4 Å². The average molecular weight is 332 g/mol. The van der Waals surface area contributed by atoms with E-state index >= 15 is 0 Å². The third kappa shape index (κ3) is 3.39. The average Bonchev–Trinajstić information content (AvgIpc) is 2.80. The molecule has 1 heterocycles. The van der Waals surface area contributed by atoms with E-state index < -0.39 is 15.6 Å². The van der Waals surface area contributed by atoms with Crippen LogP contribution in [0, 0.1) is 0 Å². The molecule has 1 aromatic heterocycles. The molecule has 2 N–H and O–H groups in total. The Morgan fingerprint density at radius 2 is 1.52 bits per heavy atom. The molecular formula is C17H20N2O3S. The lowest BCUT2D eigenvalue weighted by Crippen LogP contribution is -2.43. The number of nitrogens with zero attached hydrogens (tertiary/aromatic N) is 1. The normalized spacial score (nSPS) is 15.1. The second kappa shape index (κ2) is 5.63. The maximum absolute atomic E-state index is 11.3. The van der Waals surface area contributed by atoms with Crippen LogP contribution in [-0.2, 0) is 16.6 Å². The molecule has 5 nitrogen and oxygen atoms in total. The minimum atomic E-state index is -3.34. The highest BCUT2D eigenvalue weighted by atomic mass is 32.2. The summed E-state index contributed by atoms with van der Waals surface area (Å²) in [7, 11) is -3.34. The van der Waals surface area contributed by atoms with Crippen molar-refractivity contribution in [1.82, 2.24) is 9.29 Å². The monoisotopic (exact) mass is 332 g/mol. The first kappa shape index (κ1) is 16.0. The summed E-state index contributed by atoms with van der Waals surface area (Å²) in [5.74, 6) is 0. The number of aromatic nitrogens is 1. The molecule has 6 heteroatoms. The number of sulfonamides is 1. The van der Waals surface area contributed by atoms with Crippen LogP contribution in [0.4, 0.5) is 0 Å². The second-order valence-corrected chi connectivity index (χ2v) is 8.04. The van der Waals surface area contributed by atoms with E-state index in [-0.39, 0.29) is 6.54 Å². The highest BCUT2D eigenvalue weighted by molar-refractivity contribution is 7.88. The molecule has 0 spiro atoms. The fourth-order valence-electron chi connectivity index (χ4n) is 2.86. The van der Waals surface area contributed by atoms with Crippen molar-refractivity contribution < 1.29 is 13.5 Å². The van der Waals surface area contributed by atoms with E-state index in [0.717, 1.165) is 28.1 Å². The van der Waals surface area contributed by atoms with Crippen molar-refractivity contribution in [3.63, 3.8) is 0 Å². The minimum absolute atomic E-state index is 0.0351. The zero-order chi connectivity index (χ0) is 16.7. The number of hydrogen-bond acceptors (Lipinski definition) is 3. The largest absolute Gasteiger partial charge is 0.387 e. The summed E-state index contributed by atoms with van der Waals surface area (Å²) in [5, 5.41) is 12.9. The topological polar surface area (TPSA) is 71.3 Å². The van der Waals surface area contributed by atoms with Crippen molar-refractivity contribution >= 4 is 31.8 Å². The molecule has 0 saturated heterocycles. The van der Waals surface area contributed by atoms with E-state index in [4.69, 9.17) is 0 Å². The van der Waals surface area contributed by atoms with Gasteiger partial charge in [-0.2, -0.15) is 0 Å². The summed E-state index contributed by atoms with van der Waals surface area (Å²) >= 11 is 0. The van der Waals surface area contributed by atoms with Crippen LogP contribution in [0.1, 0.15) is 6.92 Å². The maximum atomic E-state index is 11.3. The van der Waals surface area contributed by atoms with Gasteiger partial charge in [-0.15, -0.1) is 0 Å². The zero-order valence-electron chi connectivity index (χ0n) is 13.2. The van der Waals surface area contributed by atoms with Crippen molar-refractivity contribution in [1.29, 1.82) is 0 Å². The first-order chi connectivity index (χ1) is 10.8. The van der Waals surface area contributed by atoms with Gasteiger partial charge in [0.1, 0.15) is 0 Å². The van der Waals surface area contributed by atoms with Gasteiger partial charge in [-0.3, -0.25) is 0 Å². The predicted molar refractivity (Wildman–Crippen MR) is 92.9 cm³/mol. The van der Waals surface area contributed by atoms with E-state index in [1.165, 1.54) is 0 Å². The predicted octanol–water partition coefficient (Wildman–Crippen LogP) is 2.09. The molecule has 0 saturated carbocycles. The Hall–Kier alpha value is -1.89. The SMILES string of the molecule is CC(O)(CNS(C)(=O)=O)Cn1c2ccccc2c2ccccc21. The Morgan fingerprint density at radius 1 is 1.04 bits per heavy atom. The van der Waals surface area contributed by atoms with Crippen molar-refractivity contribution in [3.8, 4) is 0 Å². The van der Waals surface area contributed by atoms with Crippen LogP contribution < -0.4 is 4.72 Å². The van der Waals surface area contributed by atoms with Crippen molar-refractivity contribution in [2.24, 2.45) is 0 Å². The molecule has 3 aromatic rings. The summed E-state index contributed by atoms with van der Waals surface area (Å²) in [6.07, 6.45) is 1.09. The molecule has 0 aliphatic heterocycles. The molecule has 0 radical (unpaired) electrons. The van der Waals surface area contributed by atoms with Gasteiger partial charge < -0.3 is 9.67 Å². The molecule has 2 aromatic carbocycles. The van der Waals surface area contributed by atoms with Crippen LogP contribution in [0.3, 0.4) is 0 Å². The van der Waals surface area contributed by atoms with E-state index in [9.17, 15) is 13.5 Å². The molecule has 0 amide bonds. The fraction of sp³-hybridized carbons (Fsp3) is 0.294. The van der Waals surface area contributed by atoms with Gasteiger partial charge in [-0.1, -0.05) is 36.4 Å². The quantitative estimate of drug-likeness (QED) is 0.751.